The number of rotatable bonds is 3. The fourth-order valence-electron chi connectivity index (χ4n) is 2.28. The molecule has 1 aromatic carbocycles. The number of benzene rings is 1. The van der Waals surface area contributed by atoms with Crippen molar-refractivity contribution in [3.05, 3.63) is 34.3 Å². The van der Waals surface area contributed by atoms with Gasteiger partial charge in [-0.2, -0.15) is 17.0 Å². The lowest BCUT2D eigenvalue weighted by Crippen LogP contribution is -2.39. The van der Waals surface area contributed by atoms with Crippen molar-refractivity contribution in [2.24, 2.45) is 0 Å². The van der Waals surface area contributed by atoms with E-state index >= 15 is 0 Å². The topological polar surface area (TPSA) is 40.6 Å². The van der Waals surface area contributed by atoms with E-state index in [0.29, 0.717) is 6.54 Å². The molecule has 18 heavy (non-hydrogen) atoms. The van der Waals surface area contributed by atoms with Gasteiger partial charge in [-0.3, -0.25) is 0 Å². The zero-order chi connectivity index (χ0) is 13.3. The van der Waals surface area contributed by atoms with Crippen molar-refractivity contribution in [2.45, 2.75) is 18.9 Å². The van der Waals surface area contributed by atoms with E-state index < -0.39 is 10.2 Å². The van der Waals surface area contributed by atoms with Gasteiger partial charge in [-0.15, -0.1) is 0 Å². The second-order valence-corrected chi connectivity index (χ2v) is 7.53. The maximum atomic E-state index is 12.3. The summed E-state index contributed by atoms with van der Waals surface area (Å²) in [6.07, 6.45) is 1.77. The Morgan fingerprint density at radius 1 is 1.33 bits per heavy atom. The van der Waals surface area contributed by atoms with Crippen molar-refractivity contribution < 1.29 is 8.42 Å². The summed E-state index contributed by atoms with van der Waals surface area (Å²) in [4.78, 5) is 0. The van der Waals surface area contributed by atoms with Crippen molar-refractivity contribution >= 4 is 26.1 Å². The van der Waals surface area contributed by atoms with E-state index in [-0.39, 0.29) is 6.04 Å². The number of hydrogen-bond acceptors (Lipinski definition) is 2. The molecule has 1 aliphatic heterocycles. The Hall–Kier alpha value is -0.430. The molecule has 1 atom stereocenters. The molecule has 6 heteroatoms. The molecule has 1 saturated heterocycles. The molecule has 1 fully saturated rings. The molecule has 1 heterocycles. The predicted molar refractivity (Wildman–Crippen MR) is 75.4 cm³/mol. The summed E-state index contributed by atoms with van der Waals surface area (Å²) in [6.45, 7) is 0.590. The first kappa shape index (κ1) is 14.0. The molecule has 1 unspecified atom stereocenters. The van der Waals surface area contributed by atoms with E-state index in [1.165, 1.54) is 4.31 Å². The van der Waals surface area contributed by atoms with Crippen molar-refractivity contribution in [2.75, 3.05) is 20.6 Å². The van der Waals surface area contributed by atoms with Crippen molar-refractivity contribution in [3.8, 4) is 0 Å². The molecule has 0 N–H and O–H groups in total. The Kier molecular flexibility index (Phi) is 4.11. The first-order valence-corrected chi connectivity index (χ1v) is 8.07. The fourth-order valence-corrected chi connectivity index (χ4v) is 4.15. The lowest BCUT2D eigenvalue weighted by Gasteiger charge is -2.27. The highest BCUT2D eigenvalue weighted by Crippen LogP contribution is 2.37. The van der Waals surface area contributed by atoms with Crippen LogP contribution >= 0.6 is 15.9 Å². The number of hydrogen-bond donors (Lipinski definition) is 0. The zero-order valence-electron chi connectivity index (χ0n) is 10.5. The van der Waals surface area contributed by atoms with Crippen LogP contribution in [0.2, 0.25) is 0 Å². The Labute approximate surface area is 117 Å². The molecule has 0 aliphatic carbocycles. The van der Waals surface area contributed by atoms with Gasteiger partial charge in [0.25, 0.3) is 10.2 Å². The van der Waals surface area contributed by atoms with E-state index in [1.54, 1.807) is 18.4 Å². The highest BCUT2D eigenvalue weighted by atomic mass is 79.9. The van der Waals surface area contributed by atoms with Gasteiger partial charge in [-0.05, 0) is 24.5 Å². The standard InChI is InChI=1S/C12H17BrN2O2S/c1-14(2)18(16,17)15-9-5-8-12(15)10-6-3-4-7-11(10)13/h3-4,6-7,12H,5,8-9H2,1-2H3. The van der Waals surface area contributed by atoms with Gasteiger partial charge in [0.1, 0.15) is 0 Å². The van der Waals surface area contributed by atoms with Crippen LogP contribution in [0.3, 0.4) is 0 Å². The zero-order valence-corrected chi connectivity index (χ0v) is 12.9. The van der Waals surface area contributed by atoms with Gasteiger partial charge in [0.2, 0.25) is 0 Å². The molecule has 0 bridgehead atoms. The first-order valence-electron chi connectivity index (χ1n) is 5.88. The Morgan fingerprint density at radius 3 is 2.61 bits per heavy atom. The van der Waals surface area contributed by atoms with E-state index in [1.807, 2.05) is 24.3 Å². The maximum Gasteiger partial charge on any atom is 0.282 e. The van der Waals surface area contributed by atoms with E-state index in [4.69, 9.17) is 0 Å². The summed E-state index contributed by atoms with van der Waals surface area (Å²) in [6, 6.07) is 7.76. The smallest absolute Gasteiger partial charge is 0.195 e. The normalized spacial score (nSPS) is 21.7. The second kappa shape index (κ2) is 5.28. The molecule has 2 rings (SSSR count). The average molecular weight is 333 g/mol. The van der Waals surface area contributed by atoms with Gasteiger partial charge in [0, 0.05) is 25.1 Å². The van der Waals surface area contributed by atoms with Crippen LogP contribution in [-0.4, -0.2) is 37.7 Å². The van der Waals surface area contributed by atoms with Gasteiger partial charge < -0.3 is 0 Å². The number of nitrogens with zero attached hydrogens (tertiary/aromatic N) is 2. The van der Waals surface area contributed by atoms with Crippen molar-refractivity contribution in [1.29, 1.82) is 0 Å². The average Bonchev–Trinajstić information content (AvgIpc) is 2.78. The third-order valence-corrected chi connectivity index (χ3v) is 5.90. The molecule has 0 aromatic heterocycles. The molecule has 0 saturated carbocycles. The van der Waals surface area contributed by atoms with Gasteiger partial charge in [-0.25, -0.2) is 0 Å². The summed E-state index contributed by atoms with van der Waals surface area (Å²) in [7, 11) is -0.197. The molecule has 0 spiro atoms. The van der Waals surface area contributed by atoms with Crippen molar-refractivity contribution in [3.63, 3.8) is 0 Å². The van der Waals surface area contributed by atoms with Gasteiger partial charge in [-0.1, -0.05) is 34.1 Å². The van der Waals surface area contributed by atoms with Gasteiger partial charge in [0.15, 0.2) is 0 Å². The van der Waals surface area contributed by atoms with Crippen LogP contribution in [0.4, 0.5) is 0 Å². The monoisotopic (exact) mass is 332 g/mol. The molecule has 100 valence electrons. The predicted octanol–water partition coefficient (Wildman–Crippen LogP) is 2.39. The minimum Gasteiger partial charge on any atom is -0.195 e. The lowest BCUT2D eigenvalue weighted by atomic mass is 10.1. The van der Waals surface area contributed by atoms with Crippen LogP contribution in [0, 0.1) is 0 Å². The molecule has 0 radical (unpaired) electrons. The maximum absolute atomic E-state index is 12.3. The molecule has 0 amide bonds. The summed E-state index contributed by atoms with van der Waals surface area (Å²) in [5.41, 5.74) is 1.04. The second-order valence-electron chi connectivity index (χ2n) is 4.58. The van der Waals surface area contributed by atoms with Crippen LogP contribution in [0.5, 0.6) is 0 Å². The molecule has 1 aromatic rings. The van der Waals surface area contributed by atoms with Gasteiger partial charge >= 0.3 is 0 Å². The minimum atomic E-state index is -3.34. The highest BCUT2D eigenvalue weighted by molar-refractivity contribution is 9.10. The molecular weight excluding hydrogens is 316 g/mol. The molecular formula is C12H17BrN2O2S. The van der Waals surface area contributed by atoms with E-state index in [9.17, 15) is 8.42 Å². The van der Waals surface area contributed by atoms with Gasteiger partial charge in [0.05, 0.1) is 6.04 Å². The lowest BCUT2D eigenvalue weighted by molar-refractivity contribution is 0.362. The minimum absolute atomic E-state index is 0.0621. The van der Waals surface area contributed by atoms with E-state index in [2.05, 4.69) is 15.9 Å². The third-order valence-electron chi connectivity index (χ3n) is 3.23. The van der Waals surface area contributed by atoms with Crippen LogP contribution in [-0.2, 0) is 10.2 Å². The molecule has 1 aliphatic rings. The van der Waals surface area contributed by atoms with Crippen LogP contribution in [0.25, 0.3) is 0 Å². The third kappa shape index (κ3) is 2.47. The number of halogens is 1. The summed E-state index contributed by atoms with van der Waals surface area (Å²) in [5.74, 6) is 0. The van der Waals surface area contributed by atoms with E-state index in [0.717, 1.165) is 22.9 Å². The first-order chi connectivity index (χ1) is 8.44. The van der Waals surface area contributed by atoms with Crippen molar-refractivity contribution in [1.82, 2.24) is 8.61 Å². The highest BCUT2D eigenvalue weighted by Gasteiger charge is 2.36. The summed E-state index contributed by atoms with van der Waals surface area (Å²) >= 11 is 3.50. The van der Waals surface area contributed by atoms with Crippen LogP contribution in [0.15, 0.2) is 28.7 Å². The van der Waals surface area contributed by atoms with Crippen LogP contribution in [0.1, 0.15) is 24.4 Å². The fraction of sp³-hybridized carbons (Fsp3) is 0.500. The quantitative estimate of drug-likeness (QED) is 0.852. The summed E-state index contributed by atoms with van der Waals surface area (Å²) in [5, 5.41) is 0. The molecule has 4 nitrogen and oxygen atoms in total. The Bertz CT molecular complexity index is 531. The largest absolute Gasteiger partial charge is 0.282 e. The SMILES string of the molecule is CN(C)S(=O)(=O)N1CCCC1c1ccccc1Br. The van der Waals surface area contributed by atoms with Crippen LogP contribution < -0.4 is 0 Å². The Balaban J connectivity index is 2.38. The Morgan fingerprint density at radius 2 is 2.00 bits per heavy atom. The summed E-state index contributed by atoms with van der Waals surface area (Å²) < 4.78 is 28.4.